The molecule has 0 aliphatic carbocycles. The van der Waals surface area contributed by atoms with E-state index in [0.717, 1.165) is 25.3 Å². The molecule has 1 aliphatic heterocycles. The van der Waals surface area contributed by atoms with E-state index in [-0.39, 0.29) is 46.1 Å². The molecule has 2 aromatic heterocycles. The van der Waals surface area contributed by atoms with E-state index in [2.05, 4.69) is 32.1 Å². The molecular formula is C29H30ClFN6O9P2. The maximum atomic E-state index is 15.8. The van der Waals surface area contributed by atoms with Crippen LogP contribution in [0, 0.1) is 5.82 Å². The number of rotatable bonds is 12. The summed E-state index contributed by atoms with van der Waals surface area (Å²) in [5, 5.41) is 7.49. The summed E-state index contributed by atoms with van der Waals surface area (Å²) in [6, 6.07) is 9.32. The van der Waals surface area contributed by atoms with Crippen LogP contribution < -0.4 is 15.0 Å². The lowest BCUT2D eigenvalue weighted by Gasteiger charge is -2.30. The quantitative estimate of drug-likeness (QED) is 0.0499. The van der Waals surface area contributed by atoms with Crippen LogP contribution in [0.2, 0.25) is 5.15 Å². The summed E-state index contributed by atoms with van der Waals surface area (Å²) in [7, 11) is -10.9. The molecule has 6 N–H and O–H groups in total. The molecule has 0 radical (unpaired) electrons. The van der Waals surface area contributed by atoms with Gasteiger partial charge < -0.3 is 34.5 Å². The predicted molar refractivity (Wildman–Crippen MR) is 175 cm³/mol. The molecule has 15 nitrogen and oxygen atoms in total. The first-order chi connectivity index (χ1) is 22.6. The van der Waals surface area contributed by atoms with E-state index in [0.29, 0.717) is 35.3 Å². The number of H-pyrrole nitrogens is 1. The van der Waals surface area contributed by atoms with E-state index in [9.17, 15) is 38.3 Å². The van der Waals surface area contributed by atoms with E-state index in [1.54, 1.807) is 29.2 Å². The maximum Gasteiger partial charge on any atom is 0.341 e. The van der Waals surface area contributed by atoms with Gasteiger partial charge in [-0.05, 0) is 43.0 Å². The van der Waals surface area contributed by atoms with Crippen LogP contribution in [-0.4, -0.2) is 70.0 Å². The van der Waals surface area contributed by atoms with Crippen molar-refractivity contribution in [3.8, 4) is 17.0 Å². The summed E-state index contributed by atoms with van der Waals surface area (Å²) in [5.41, 5.74) is 1.61. The van der Waals surface area contributed by atoms with Gasteiger partial charge in [-0.2, -0.15) is 10.1 Å². The highest BCUT2D eigenvalue weighted by Gasteiger charge is 2.45. The third-order valence-corrected chi connectivity index (χ3v) is 11.5. The number of hydrogen-bond donors (Lipinski definition) is 6. The Bertz CT molecular complexity index is 1970. The predicted octanol–water partition coefficient (Wildman–Crippen LogP) is 4.82. The first kappa shape index (κ1) is 35.3. The Hall–Kier alpha value is -4.01. The summed E-state index contributed by atoms with van der Waals surface area (Å²) >= 11 is 6.37. The van der Waals surface area contributed by atoms with E-state index in [1.165, 1.54) is 12.1 Å². The van der Waals surface area contributed by atoms with Gasteiger partial charge in [0.15, 0.2) is 28.4 Å². The number of carbonyl (C=O) groups excluding carboxylic acids is 2. The lowest BCUT2D eigenvalue weighted by Crippen LogP contribution is -2.31. The highest BCUT2D eigenvalue weighted by atomic mass is 35.5. The Labute approximate surface area is 277 Å². The first-order valence-corrected chi connectivity index (χ1v) is 18.2. The van der Waals surface area contributed by atoms with Gasteiger partial charge in [0.25, 0.3) is 0 Å². The third kappa shape index (κ3) is 8.16. The fourth-order valence-electron chi connectivity index (χ4n) is 5.28. The number of piperidine rings is 1. The summed E-state index contributed by atoms with van der Waals surface area (Å²) in [6.07, 6.45) is 2.32. The van der Waals surface area contributed by atoms with Gasteiger partial charge in [0.1, 0.15) is 10.8 Å². The molecule has 1 fully saturated rings. The number of benzene rings is 2. The maximum absolute atomic E-state index is 15.8. The average Bonchev–Trinajstić information content (AvgIpc) is 3.39. The number of nitrogens with zero attached hydrogens (tertiary/aromatic N) is 4. The second-order valence-electron chi connectivity index (χ2n) is 11.0. The van der Waals surface area contributed by atoms with Crippen molar-refractivity contribution in [2.45, 2.75) is 37.5 Å². The van der Waals surface area contributed by atoms with Crippen molar-refractivity contribution in [1.82, 2.24) is 20.2 Å². The van der Waals surface area contributed by atoms with Crippen molar-refractivity contribution >= 4 is 66.9 Å². The number of ketones is 1. The zero-order chi connectivity index (χ0) is 34.8. The summed E-state index contributed by atoms with van der Waals surface area (Å²) in [4.78, 5) is 73.3. The number of aromatic amines is 1. The highest BCUT2D eigenvalue weighted by Crippen LogP contribution is 2.61. The van der Waals surface area contributed by atoms with Crippen LogP contribution in [0.3, 0.4) is 0 Å². The van der Waals surface area contributed by atoms with Crippen molar-refractivity contribution in [3.05, 3.63) is 65.6 Å². The van der Waals surface area contributed by atoms with Crippen LogP contribution in [-0.2, 0) is 25.1 Å². The molecule has 1 saturated heterocycles. The minimum Gasteiger partial charge on any atom is -0.424 e. The largest absolute Gasteiger partial charge is 0.424 e. The minimum absolute atomic E-state index is 0.00477. The number of halogens is 2. The van der Waals surface area contributed by atoms with Crippen LogP contribution in [0.1, 0.15) is 31.2 Å². The lowest BCUT2D eigenvalue weighted by atomic mass is 10.0. The molecule has 0 unspecified atom stereocenters. The molecule has 19 heteroatoms. The van der Waals surface area contributed by atoms with Crippen molar-refractivity contribution < 1.29 is 47.4 Å². The van der Waals surface area contributed by atoms with Gasteiger partial charge in [-0.1, -0.05) is 36.4 Å². The standard InChI is InChI=1S/C29H30ClFN6O9P2/c1-2-19(38)12-16-7-6-8-17(11-16)25-24-27(30)35-36-28(24)34-29(33-25)32-18-13-20(31)26(37-9-4-3-5-10-37)21(14-18)46-22(39)15-23(47(40,41)42)48(43,44)45/h2,6-8,11,13-14,23H,1,3-5,9-10,12,15H2,(H2,40,41,42)(H2,43,44,45)(H2,32,33,34,35,36). The molecule has 5 rings (SSSR count). The fourth-order valence-corrected chi connectivity index (χ4v) is 7.84. The Morgan fingerprint density at radius 3 is 2.48 bits per heavy atom. The Morgan fingerprint density at radius 1 is 1.10 bits per heavy atom. The number of ether oxygens (including phenoxy) is 1. The van der Waals surface area contributed by atoms with Crippen LogP contribution in [0.15, 0.2) is 49.1 Å². The molecule has 254 valence electrons. The normalized spacial score (nSPS) is 13.9. The summed E-state index contributed by atoms with van der Waals surface area (Å²) in [5.74, 6) is -2.84. The van der Waals surface area contributed by atoms with Gasteiger partial charge in [-0.15, -0.1) is 0 Å². The van der Waals surface area contributed by atoms with Crippen molar-refractivity contribution in [2.24, 2.45) is 0 Å². The number of nitrogens with one attached hydrogen (secondary N) is 2. The van der Waals surface area contributed by atoms with Gasteiger partial charge >= 0.3 is 21.2 Å². The number of esters is 1. The zero-order valence-corrected chi connectivity index (χ0v) is 27.6. The molecule has 4 aromatic rings. The SMILES string of the molecule is C=CC(=O)Cc1cccc(-c2nc(Nc3cc(F)c(N4CCCCC4)c(OC(=O)CC(P(=O)(O)O)P(=O)(O)O)c3)nc3n[nH]c(Cl)c23)c1. The number of anilines is 3. The molecule has 0 bridgehead atoms. The number of allylic oxidation sites excluding steroid dienone is 1. The van der Waals surface area contributed by atoms with Crippen LogP contribution in [0.25, 0.3) is 22.3 Å². The molecule has 48 heavy (non-hydrogen) atoms. The number of carbonyl (C=O) groups is 2. The van der Waals surface area contributed by atoms with Gasteiger partial charge in [-0.25, -0.2) is 9.37 Å². The van der Waals surface area contributed by atoms with Crippen LogP contribution in [0.5, 0.6) is 5.75 Å². The van der Waals surface area contributed by atoms with E-state index in [4.69, 9.17) is 16.3 Å². The summed E-state index contributed by atoms with van der Waals surface area (Å²) in [6.45, 7) is 4.34. The average molecular weight is 723 g/mol. The van der Waals surface area contributed by atoms with E-state index >= 15 is 4.39 Å². The molecule has 2 aromatic carbocycles. The molecular weight excluding hydrogens is 693 g/mol. The van der Waals surface area contributed by atoms with Crippen molar-refractivity contribution in [1.29, 1.82) is 0 Å². The molecule has 0 amide bonds. The number of aromatic nitrogens is 4. The topological polar surface area (TPSA) is 228 Å². The van der Waals surface area contributed by atoms with Crippen LogP contribution >= 0.6 is 26.8 Å². The first-order valence-electron chi connectivity index (χ1n) is 14.5. The number of hydrogen-bond acceptors (Lipinski definition) is 10. The van der Waals surface area contributed by atoms with Gasteiger partial charge in [0.05, 0.1) is 17.5 Å². The Balaban J connectivity index is 1.53. The lowest BCUT2D eigenvalue weighted by molar-refractivity contribution is -0.134. The Kier molecular flexibility index (Phi) is 10.5. The monoisotopic (exact) mass is 722 g/mol. The molecule has 0 spiro atoms. The Morgan fingerprint density at radius 2 is 1.81 bits per heavy atom. The zero-order valence-electron chi connectivity index (χ0n) is 25.0. The molecule has 1 aliphatic rings. The number of fused-ring (bicyclic) bond motifs is 1. The smallest absolute Gasteiger partial charge is 0.341 e. The van der Waals surface area contributed by atoms with E-state index < -0.39 is 38.8 Å². The van der Waals surface area contributed by atoms with Crippen LogP contribution in [0.4, 0.5) is 21.7 Å². The second-order valence-corrected chi connectivity index (χ2v) is 15.4. The summed E-state index contributed by atoms with van der Waals surface area (Å²) < 4.78 is 44.7. The molecule has 0 atom stereocenters. The minimum atomic E-state index is -5.44. The highest BCUT2D eigenvalue weighted by molar-refractivity contribution is 7.70. The fraction of sp³-hybridized carbons (Fsp3) is 0.276. The third-order valence-electron chi connectivity index (χ3n) is 7.48. The van der Waals surface area contributed by atoms with Gasteiger partial charge in [-0.3, -0.25) is 23.8 Å². The van der Waals surface area contributed by atoms with E-state index in [1.807, 2.05) is 0 Å². The van der Waals surface area contributed by atoms with Gasteiger partial charge in [0.2, 0.25) is 5.95 Å². The molecule has 3 heterocycles. The van der Waals surface area contributed by atoms with Crippen molar-refractivity contribution in [2.75, 3.05) is 23.3 Å². The van der Waals surface area contributed by atoms with Crippen molar-refractivity contribution in [3.63, 3.8) is 0 Å². The second kappa shape index (κ2) is 14.2. The molecule has 0 saturated carbocycles. The van der Waals surface area contributed by atoms with Gasteiger partial charge in [0, 0.05) is 36.8 Å².